The molecule has 9 heteroatoms. The van der Waals surface area contributed by atoms with Crippen molar-refractivity contribution < 1.29 is 24.5 Å². The van der Waals surface area contributed by atoms with Gasteiger partial charge in [-0.15, -0.1) is 5.10 Å². The number of aliphatic carboxylic acids is 1. The SMILES string of the molecule is CCOc1nc2c3ccccc3c(O)c(C(=O)NCC(=O)O)n2n1. The first-order valence-electron chi connectivity index (χ1n) is 7.16. The lowest BCUT2D eigenvalue weighted by Crippen LogP contribution is -2.31. The summed E-state index contributed by atoms with van der Waals surface area (Å²) in [7, 11) is 0. The van der Waals surface area contributed by atoms with Crippen LogP contribution in [0.3, 0.4) is 0 Å². The van der Waals surface area contributed by atoms with Gasteiger partial charge in [0.25, 0.3) is 5.91 Å². The van der Waals surface area contributed by atoms with Gasteiger partial charge in [0.15, 0.2) is 17.1 Å². The summed E-state index contributed by atoms with van der Waals surface area (Å²) >= 11 is 0. The summed E-state index contributed by atoms with van der Waals surface area (Å²) in [6.45, 7) is 1.52. The minimum absolute atomic E-state index is 0.0561. The fourth-order valence-electron chi connectivity index (χ4n) is 2.37. The van der Waals surface area contributed by atoms with Crippen molar-refractivity contribution in [2.75, 3.05) is 13.2 Å². The van der Waals surface area contributed by atoms with E-state index >= 15 is 0 Å². The van der Waals surface area contributed by atoms with Crippen LogP contribution in [0.15, 0.2) is 24.3 Å². The third kappa shape index (κ3) is 2.56. The number of nitrogens with zero attached hydrogens (tertiary/aromatic N) is 3. The van der Waals surface area contributed by atoms with Gasteiger partial charge < -0.3 is 20.3 Å². The van der Waals surface area contributed by atoms with Crippen LogP contribution in [0.1, 0.15) is 17.4 Å². The van der Waals surface area contributed by atoms with Gasteiger partial charge in [-0.1, -0.05) is 24.3 Å². The molecular formula is C15H14N4O5. The predicted octanol–water partition coefficient (Wildman–Crippen LogP) is 0.801. The number of aromatic hydroxyl groups is 1. The van der Waals surface area contributed by atoms with Gasteiger partial charge in [-0.3, -0.25) is 9.59 Å². The lowest BCUT2D eigenvalue weighted by molar-refractivity contribution is -0.135. The number of hydrogen-bond donors (Lipinski definition) is 3. The Bertz CT molecular complexity index is 950. The Morgan fingerprint density at radius 3 is 2.67 bits per heavy atom. The highest BCUT2D eigenvalue weighted by molar-refractivity contribution is 6.07. The quantitative estimate of drug-likeness (QED) is 0.631. The van der Waals surface area contributed by atoms with Crippen molar-refractivity contribution in [3.05, 3.63) is 30.0 Å². The molecule has 124 valence electrons. The second-order valence-corrected chi connectivity index (χ2v) is 4.88. The zero-order chi connectivity index (χ0) is 17.3. The van der Waals surface area contributed by atoms with E-state index in [0.717, 1.165) is 4.52 Å². The van der Waals surface area contributed by atoms with E-state index in [2.05, 4.69) is 15.4 Å². The fraction of sp³-hybridized carbons (Fsp3) is 0.200. The van der Waals surface area contributed by atoms with E-state index in [0.29, 0.717) is 23.0 Å². The molecule has 0 saturated carbocycles. The molecule has 0 unspecified atom stereocenters. The Morgan fingerprint density at radius 1 is 1.29 bits per heavy atom. The summed E-state index contributed by atoms with van der Waals surface area (Å²) in [5, 5.41) is 26.5. The largest absolute Gasteiger partial charge is 0.505 e. The molecule has 1 aromatic carbocycles. The normalized spacial score (nSPS) is 10.9. The molecule has 9 nitrogen and oxygen atoms in total. The van der Waals surface area contributed by atoms with Gasteiger partial charge in [0.2, 0.25) is 0 Å². The number of carbonyl (C=O) groups excluding carboxylic acids is 1. The number of carbonyl (C=O) groups is 2. The van der Waals surface area contributed by atoms with Gasteiger partial charge in [0, 0.05) is 10.8 Å². The Labute approximate surface area is 135 Å². The predicted molar refractivity (Wildman–Crippen MR) is 83.3 cm³/mol. The standard InChI is InChI=1S/C15H14N4O5/c1-2-24-15-17-13-9-6-4-3-5-8(9)12(22)11(19(13)18-15)14(23)16-7-10(20)21/h3-6,22H,2,7H2,1H3,(H,16,23)(H,20,21). The first kappa shape index (κ1) is 15.5. The van der Waals surface area contributed by atoms with Crippen molar-refractivity contribution in [1.29, 1.82) is 0 Å². The van der Waals surface area contributed by atoms with Gasteiger partial charge in [0.05, 0.1) is 6.61 Å². The number of hydrogen-bond acceptors (Lipinski definition) is 6. The van der Waals surface area contributed by atoms with E-state index in [9.17, 15) is 14.7 Å². The van der Waals surface area contributed by atoms with Crippen molar-refractivity contribution in [1.82, 2.24) is 19.9 Å². The molecule has 3 N–H and O–H groups in total. The number of pyridine rings is 1. The molecule has 24 heavy (non-hydrogen) atoms. The molecule has 0 saturated heterocycles. The number of aromatic nitrogens is 3. The zero-order valence-electron chi connectivity index (χ0n) is 12.7. The summed E-state index contributed by atoms with van der Waals surface area (Å²) in [5.74, 6) is -2.29. The third-order valence-corrected chi connectivity index (χ3v) is 3.34. The van der Waals surface area contributed by atoms with Gasteiger partial charge >= 0.3 is 12.0 Å². The molecule has 0 radical (unpaired) electrons. The van der Waals surface area contributed by atoms with Crippen LogP contribution in [0, 0.1) is 0 Å². The molecule has 3 aromatic rings. The Hall–Kier alpha value is -3.36. The van der Waals surface area contributed by atoms with Crippen LogP contribution in [-0.2, 0) is 4.79 Å². The highest BCUT2D eigenvalue weighted by Crippen LogP contribution is 2.32. The Morgan fingerprint density at radius 2 is 2.00 bits per heavy atom. The van der Waals surface area contributed by atoms with E-state index in [1.807, 2.05) is 0 Å². The van der Waals surface area contributed by atoms with Crippen molar-refractivity contribution >= 4 is 28.3 Å². The maximum Gasteiger partial charge on any atom is 0.336 e. The smallest absolute Gasteiger partial charge is 0.336 e. The molecule has 0 aliphatic carbocycles. The van der Waals surface area contributed by atoms with Gasteiger partial charge in [-0.2, -0.15) is 4.98 Å². The highest BCUT2D eigenvalue weighted by atomic mass is 16.5. The van der Waals surface area contributed by atoms with E-state index < -0.39 is 18.4 Å². The third-order valence-electron chi connectivity index (χ3n) is 3.34. The summed E-state index contributed by atoms with van der Waals surface area (Å²) in [5.41, 5.74) is 0.121. The average molecular weight is 330 g/mol. The number of ether oxygens (including phenoxy) is 1. The Balaban J connectivity index is 2.26. The minimum Gasteiger partial charge on any atom is -0.505 e. The molecule has 1 amide bonds. The molecule has 0 atom stereocenters. The molecular weight excluding hydrogens is 316 g/mol. The molecule has 0 bridgehead atoms. The number of amides is 1. The molecule has 0 aliphatic heterocycles. The van der Waals surface area contributed by atoms with Crippen LogP contribution < -0.4 is 10.1 Å². The maximum absolute atomic E-state index is 12.3. The highest BCUT2D eigenvalue weighted by Gasteiger charge is 2.23. The lowest BCUT2D eigenvalue weighted by atomic mass is 10.1. The topological polar surface area (TPSA) is 126 Å². The summed E-state index contributed by atoms with van der Waals surface area (Å²) < 4.78 is 6.41. The lowest BCUT2D eigenvalue weighted by Gasteiger charge is -2.10. The van der Waals surface area contributed by atoms with Crippen molar-refractivity contribution in [2.24, 2.45) is 0 Å². The molecule has 0 fully saturated rings. The fourth-order valence-corrected chi connectivity index (χ4v) is 2.37. The first-order valence-corrected chi connectivity index (χ1v) is 7.16. The van der Waals surface area contributed by atoms with E-state index in [1.54, 1.807) is 31.2 Å². The maximum atomic E-state index is 12.3. The van der Waals surface area contributed by atoms with Gasteiger partial charge in [-0.25, -0.2) is 4.52 Å². The number of carboxylic acids is 1. The number of fused-ring (bicyclic) bond motifs is 3. The summed E-state index contributed by atoms with van der Waals surface area (Å²) in [4.78, 5) is 27.2. The van der Waals surface area contributed by atoms with Crippen molar-refractivity contribution in [2.45, 2.75) is 6.92 Å². The molecule has 2 aromatic heterocycles. The summed E-state index contributed by atoms with van der Waals surface area (Å²) in [6, 6.07) is 6.89. The number of benzene rings is 1. The second kappa shape index (κ2) is 6.03. The van der Waals surface area contributed by atoms with Crippen LogP contribution >= 0.6 is 0 Å². The van der Waals surface area contributed by atoms with E-state index in [4.69, 9.17) is 9.84 Å². The number of carboxylic acid groups (broad SMARTS) is 1. The van der Waals surface area contributed by atoms with Crippen molar-refractivity contribution in [3.63, 3.8) is 0 Å². The van der Waals surface area contributed by atoms with E-state index in [1.165, 1.54) is 0 Å². The molecule has 0 spiro atoms. The van der Waals surface area contributed by atoms with Crippen LogP contribution in [0.25, 0.3) is 16.4 Å². The zero-order valence-corrected chi connectivity index (χ0v) is 12.7. The van der Waals surface area contributed by atoms with Gasteiger partial charge in [-0.05, 0) is 6.92 Å². The molecule has 0 aliphatic rings. The van der Waals surface area contributed by atoms with Crippen LogP contribution in [0.5, 0.6) is 11.8 Å². The Kier molecular flexibility index (Phi) is 3.90. The summed E-state index contributed by atoms with van der Waals surface area (Å²) in [6.07, 6.45) is 0. The second-order valence-electron chi connectivity index (χ2n) is 4.88. The first-order chi connectivity index (χ1) is 11.5. The van der Waals surface area contributed by atoms with Crippen LogP contribution in [0.4, 0.5) is 0 Å². The average Bonchev–Trinajstić information content (AvgIpc) is 2.97. The van der Waals surface area contributed by atoms with Crippen molar-refractivity contribution in [3.8, 4) is 11.8 Å². The molecule has 3 rings (SSSR count). The number of rotatable bonds is 5. The van der Waals surface area contributed by atoms with Gasteiger partial charge in [0.1, 0.15) is 6.54 Å². The monoisotopic (exact) mass is 330 g/mol. The minimum atomic E-state index is -1.20. The van der Waals surface area contributed by atoms with Crippen LogP contribution in [0.2, 0.25) is 0 Å². The number of nitrogens with one attached hydrogen (secondary N) is 1. The van der Waals surface area contributed by atoms with E-state index in [-0.39, 0.29) is 17.5 Å². The molecule has 2 heterocycles. The van der Waals surface area contributed by atoms with Crippen LogP contribution in [-0.4, -0.2) is 49.8 Å².